The van der Waals surface area contributed by atoms with Crippen molar-refractivity contribution < 1.29 is 0 Å². The average Bonchev–Trinajstić information content (AvgIpc) is 2.34. The Kier molecular flexibility index (Phi) is 10.9. The van der Waals surface area contributed by atoms with E-state index >= 15 is 0 Å². The summed E-state index contributed by atoms with van der Waals surface area (Å²) in [6, 6.07) is 0. The van der Waals surface area contributed by atoms with Crippen molar-refractivity contribution in [2.24, 2.45) is 22.9 Å². The normalized spacial score (nSPS) is 12.0. The Balaban J connectivity index is 3.82. The predicted octanol–water partition coefficient (Wildman–Crippen LogP) is 1.07. The van der Waals surface area contributed by atoms with E-state index in [4.69, 9.17) is 22.9 Å². The van der Waals surface area contributed by atoms with E-state index in [1.807, 2.05) is 0 Å². The van der Waals surface area contributed by atoms with Crippen LogP contribution in [0.1, 0.15) is 57.8 Å². The summed E-state index contributed by atoms with van der Waals surface area (Å²) >= 11 is 0. The lowest BCUT2D eigenvalue weighted by Gasteiger charge is -2.29. The number of nitrogens with two attached hydrogens (primary N) is 4. The molecule has 0 saturated heterocycles. The first-order chi connectivity index (χ1) is 8.18. The van der Waals surface area contributed by atoms with Gasteiger partial charge in [0.2, 0.25) is 0 Å². The molecule has 4 nitrogen and oxygen atoms in total. The second kappa shape index (κ2) is 11.0. The van der Waals surface area contributed by atoms with Crippen LogP contribution >= 0.6 is 0 Å². The third-order valence-electron chi connectivity index (χ3n) is 3.39. The van der Waals surface area contributed by atoms with E-state index in [-0.39, 0.29) is 5.54 Å². The van der Waals surface area contributed by atoms with Crippen molar-refractivity contribution in [3.05, 3.63) is 0 Å². The highest BCUT2D eigenvalue weighted by Gasteiger charge is 2.22. The molecule has 0 aromatic heterocycles. The minimum Gasteiger partial charge on any atom is -0.330 e. The molecule has 0 spiro atoms. The van der Waals surface area contributed by atoms with Crippen molar-refractivity contribution in [2.75, 3.05) is 19.6 Å². The van der Waals surface area contributed by atoms with Crippen LogP contribution in [0.5, 0.6) is 0 Å². The highest BCUT2D eigenvalue weighted by atomic mass is 14.7. The van der Waals surface area contributed by atoms with Crippen LogP contribution < -0.4 is 22.9 Å². The van der Waals surface area contributed by atoms with Gasteiger partial charge in [-0.3, -0.25) is 0 Å². The Morgan fingerprint density at radius 1 is 0.529 bits per heavy atom. The van der Waals surface area contributed by atoms with Gasteiger partial charge in [0, 0.05) is 5.54 Å². The van der Waals surface area contributed by atoms with Crippen molar-refractivity contribution in [2.45, 2.75) is 63.3 Å². The van der Waals surface area contributed by atoms with Gasteiger partial charge < -0.3 is 22.9 Å². The second-order valence-electron chi connectivity index (χ2n) is 5.10. The maximum atomic E-state index is 6.45. The first-order valence-electron chi connectivity index (χ1n) is 7.07. The van der Waals surface area contributed by atoms with E-state index in [0.717, 1.165) is 58.2 Å². The molecule has 0 rings (SSSR count). The third kappa shape index (κ3) is 9.53. The van der Waals surface area contributed by atoms with E-state index < -0.39 is 0 Å². The summed E-state index contributed by atoms with van der Waals surface area (Å²) in [7, 11) is 0. The van der Waals surface area contributed by atoms with Gasteiger partial charge in [0.05, 0.1) is 0 Å². The fourth-order valence-corrected chi connectivity index (χ4v) is 2.26. The average molecular weight is 244 g/mol. The number of unbranched alkanes of at least 4 members (excludes halogenated alkanes) is 3. The van der Waals surface area contributed by atoms with Crippen molar-refractivity contribution >= 4 is 0 Å². The van der Waals surface area contributed by atoms with Crippen molar-refractivity contribution in [1.82, 2.24) is 0 Å². The van der Waals surface area contributed by atoms with Gasteiger partial charge in [-0.15, -0.1) is 0 Å². The second-order valence-corrected chi connectivity index (χ2v) is 5.10. The van der Waals surface area contributed by atoms with Crippen LogP contribution in [-0.4, -0.2) is 25.2 Å². The number of rotatable bonds is 12. The minimum absolute atomic E-state index is 0.0402. The first kappa shape index (κ1) is 16.8. The molecule has 0 fully saturated rings. The Morgan fingerprint density at radius 2 is 0.941 bits per heavy atom. The Labute approximate surface area is 106 Å². The van der Waals surface area contributed by atoms with E-state index in [1.54, 1.807) is 0 Å². The van der Waals surface area contributed by atoms with Crippen LogP contribution in [-0.2, 0) is 0 Å². The smallest absolute Gasteiger partial charge is 0.0155 e. The van der Waals surface area contributed by atoms with Crippen molar-refractivity contribution in [1.29, 1.82) is 0 Å². The van der Waals surface area contributed by atoms with Crippen LogP contribution in [0.3, 0.4) is 0 Å². The van der Waals surface area contributed by atoms with Crippen LogP contribution in [0.25, 0.3) is 0 Å². The standard InChI is InChI=1S/C13H32N4/c14-10-4-2-1-3-7-13(17,8-5-11-15)9-6-12-16/h1-12,14-17H2. The van der Waals surface area contributed by atoms with Gasteiger partial charge in [0.1, 0.15) is 0 Å². The maximum Gasteiger partial charge on any atom is 0.0155 e. The summed E-state index contributed by atoms with van der Waals surface area (Å²) in [5.74, 6) is 0. The SMILES string of the molecule is NCCCCCCC(N)(CCCN)CCCN. The van der Waals surface area contributed by atoms with Crippen LogP contribution in [0.4, 0.5) is 0 Å². The molecule has 0 radical (unpaired) electrons. The van der Waals surface area contributed by atoms with E-state index in [2.05, 4.69) is 0 Å². The summed E-state index contributed by atoms with van der Waals surface area (Å²) in [5.41, 5.74) is 23.0. The Morgan fingerprint density at radius 3 is 1.41 bits per heavy atom. The molecule has 0 aromatic carbocycles. The third-order valence-corrected chi connectivity index (χ3v) is 3.39. The summed E-state index contributed by atoms with van der Waals surface area (Å²) in [6.45, 7) is 2.26. The zero-order valence-electron chi connectivity index (χ0n) is 11.3. The Hall–Kier alpha value is -0.160. The molecule has 0 aromatic rings. The first-order valence-corrected chi connectivity index (χ1v) is 7.07. The van der Waals surface area contributed by atoms with Gasteiger partial charge in [-0.1, -0.05) is 19.3 Å². The molecular formula is C13H32N4. The molecule has 4 heteroatoms. The van der Waals surface area contributed by atoms with Gasteiger partial charge >= 0.3 is 0 Å². The summed E-state index contributed by atoms with van der Waals surface area (Å²) in [4.78, 5) is 0. The van der Waals surface area contributed by atoms with Crippen molar-refractivity contribution in [3.63, 3.8) is 0 Å². The molecule has 0 heterocycles. The molecule has 0 saturated carbocycles. The minimum atomic E-state index is -0.0402. The monoisotopic (exact) mass is 244 g/mol. The quantitative estimate of drug-likeness (QED) is 0.385. The van der Waals surface area contributed by atoms with Gasteiger partial charge in [0.15, 0.2) is 0 Å². The van der Waals surface area contributed by atoms with Gasteiger partial charge in [-0.25, -0.2) is 0 Å². The maximum absolute atomic E-state index is 6.45. The summed E-state index contributed by atoms with van der Waals surface area (Å²) in [6.07, 6.45) is 9.97. The zero-order chi connectivity index (χ0) is 13.0. The highest BCUT2D eigenvalue weighted by Crippen LogP contribution is 2.23. The molecule has 0 unspecified atom stereocenters. The summed E-state index contributed by atoms with van der Waals surface area (Å²) < 4.78 is 0. The highest BCUT2D eigenvalue weighted by molar-refractivity contribution is 4.84. The number of hydrogen-bond acceptors (Lipinski definition) is 4. The van der Waals surface area contributed by atoms with Gasteiger partial charge in [0.25, 0.3) is 0 Å². The molecule has 0 atom stereocenters. The van der Waals surface area contributed by atoms with E-state index in [0.29, 0.717) is 0 Å². The Bertz CT molecular complexity index is 153. The lowest BCUT2D eigenvalue weighted by atomic mass is 9.84. The lowest BCUT2D eigenvalue weighted by molar-refractivity contribution is 0.315. The predicted molar refractivity (Wildman–Crippen MR) is 75.6 cm³/mol. The zero-order valence-corrected chi connectivity index (χ0v) is 11.3. The van der Waals surface area contributed by atoms with E-state index in [1.165, 1.54) is 19.3 Å². The largest absolute Gasteiger partial charge is 0.330 e. The molecule has 0 aliphatic heterocycles. The van der Waals surface area contributed by atoms with Gasteiger partial charge in [-0.05, 0) is 58.2 Å². The molecule has 0 aliphatic carbocycles. The fraction of sp³-hybridized carbons (Fsp3) is 1.00. The molecular weight excluding hydrogens is 212 g/mol. The summed E-state index contributed by atoms with van der Waals surface area (Å²) in [5, 5.41) is 0. The van der Waals surface area contributed by atoms with Crippen LogP contribution in [0.2, 0.25) is 0 Å². The van der Waals surface area contributed by atoms with Crippen LogP contribution in [0.15, 0.2) is 0 Å². The number of hydrogen-bond donors (Lipinski definition) is 4. The molecule has 0 aliphatic rings. The lowest BCUT2D eigenvalue weighted by Crippen LogP contribution is -2.40. The molecule has 8 N–H and O–H groups in total. The molecule has 0 amide bonds. The van der Waals surface area contributed by atoms with Crippen molar-refractivity contribution in [3.8, 4) is 0 Å². The van der Waals surface area contributed by atoms with Gasteiger partial charge in [-0.2, -0.15) is 0 Å². The van der Waals surface area contributed by atoms with Crippen LogP contribution in [0, 0.1) is 0 Å². The van der Waals surface area contributed by atoms with E-state index in [9.17, 15) is 0 Å². The molecule has 17 heavy (non-hydrogen) atoms. The molecule has 0 bridgehead atoms. The fourth-order valence-electron chi connectivity index (χ4n) is 2.26. The molecule has 104 valence electrons. The topological polar surface area (TPSA) is 104 Å².